The Labute approximate surface area is 176 Å². The third-order valence-electron chi connectivity index (χ3n) is 4.68. The van der Waals surface area contributed by atoms with E-state index in [9.17, 15) is 9.18 Å². The van der Waals surface area contributed by atoms with E-state index < -0.39 is 0 Å². The molecule has 0 unspecified atom stereocenters. The monoisotopic (exact) mass is 426 g/mol. The Morgan fingerprint density at radius 2 is 2.03 bits per heavy atom. The fourth-order valence-corrected chi connectivity index (χ4v) is 3.85. The highest BCUT2D eigenvalue weighted by Gasteiger charge is 2.19. The molecular weight excluding hydrogens is 407 g/mol. The Kier molecular flexibility index (Phi) is 5.49. The molecule has 0 bridgehead atoms. The number of aromatic nitrogens is 6. The van der Waals surface area contributed by atoms with Crippen LogP contribution in [0.4, 0.5) is 4.39 Å². The maximum absolute atomic E-state index is 14.0. The molecular formula is C20H19FN6O2S. The number of carbonyl (C=O) groups is 1. The predicted molar refractivity (Wildman–Crippen MR) is 108 cm³/mol. The lowest BCUT2D eigenvalue weighted by Gasteiger charge is -2.11. The summed E-state index contributed by atoms with van der Waals surface area (Å²) >= 11 is 1.18. The van der Waals surface area contributed by atoms with E-state index in [1.54, 1.807) is 24.0 Å². The van der Waals surface area contributed by atoms with Gasteiger partial charge in [0.05, 0.1) is 5.75 Å². The number of aryl methyl sites for hydroxylation is 2. The van der Waals surface area contributed by atoms with Gasteiger partial charge in [-0.05, 0) is 44.5 Å². The van der Waals surface area contributed by atoms with Crippen molar-refractivity contribution in [1.29, 1.82) is 0 Å². The fraction of sp³-hybridized carbons (Fsp3) is 0.250. The van der Waals surface area contributed by atoms with Gasteiger partial charge < -0.3 is 8.98 Å². The van der Waals surface area contributed by atoms with Crippen molar-refractivity contribution in [2.24, 2.45) is 0 Å². The van der Waals surface area contributed by atoms with Crippen molar-refractivity contribution >= 4 is 17.5 Å². The number of carbonyl (C=O) groups excluding carboxylic acids is 1. The Bertz CT molecular complexity index is 1200. The van der Waals surface area contributed by atoms with Crippen molar-refractivity contribution in [1.82, 2.24) is 29.5 Å². The minimum Gasteiger partial charge on any atom is -0.414 e. The molecule has 0 saturated carbocycles. The van der Waals surface area contributed by atoms with Crippen LogP contribution in [0, 0.1) is 26.6 Å². The smallest absolute Gasteiger partial charge is 0.277 e. The van der Waals surface area contributed by atoms with Gasteiger partial charge >= 0.3 is 0 Å². The van der Waals surface area contributed by atoms with Crippen molar-refractivity contribution in [3.63, 3.8) is 0 Å². The van der Waals surface area contributed by atoms with Gasteiger partial charge in [0.25, 0.3) is 5.22 Å². The van der Waals surface area contributed by atoms with Crippen molar-refractivity contribution in [3.05, 3.63) is 71.1 Å². The lowest BCUT2D eigenvalue weighted by Crippen LogP contribution is -2.06. The topological polar surface area (TPSA) is 91.6 Å². The van der Waals surface area contributed by atoms with Gasteiger partial charge in [0, 0.05) is 22.6 Å². The quantitative estimate of drug-likeness (QED) is 0.330. The number of rotatable bonds is 7. The molecule has 3 heterocycles. The zero-order valence-corrected chi connectivity index (χ0v) is 17.5. The molecule has 1 aromatic carbocycles. The number of hydrogen-bond acceptors (Lipinski definition) is 7. The van der Waals surface area contributed by atoms with Gasteiger partial charge in [-0.25, -0.2) is 14.1 Å². The van der Waals surface area contributed by atoms with Gasteiger partial charge in [0.2, 0.25) is 5.89 Å². The normalized spacial score (nSPS) is 11.2. The van der Waals surface area contributed by atoms with E-state index in [0.29, 0.717) is 34.5 Å². The van der Waals surface area contributed by atoms with Crippen LogP contribution in [0.15, 0.2) is 46.6 Å². The Hall–Kier alpha value is -3.27. The molecule has 0 atom stereocenters. The van der Waals surface area contributed by atoms with Crippen LogP contribution < -0.4 is 0 Å². The minimum atomic E-state index is -0.276. The third kappa shape index (κ3) is 4.04. The number of benzene rings is 1. The van der Waals surface area contributed by atoms with Crippen molar-refractivity contribution in [3.8, 4) is 5.69 Å². The van der Waals surface area contributed by atoms with Crippen LogP contribution >= 0.6 is 11.8 Å². The number of thioether (sulfide) groups is 1. The van der Waals surface area contributed by atoms with Crippen LogP contribution in [0.25, 0.3) is 5.69 Å². The molecule has 30 heavy (non-hydrogen) atoms. The third-order valence-corrected chi connectivity index (χ3v) is 5.50. The Morgan fingerprint density at radius 3 is 2.77 bits per heavy atom. The second-order valence-corrected chi connectivity index (χ2v) is 7.75. The van der Waals surface area contributed by atoms with Crippen LogP contribution in [0.1, 0.15) is 33.2 Å². The fourth-order valence-electron chi connectivity index (χ4n) is 3.18. The molecule has 0 radical (unpaired) electrons. The van der Waals surface area contributed by atoms with Crippen LogP contribution in [0.3, 0.4) is 0 Å². The average molecular weight is 426 g/mol. The van der Waals surface area contributed by atoms with E-state index >= 15 is 0 Å². The first-order valence-electron chi connectivity index (χ1n) is 9.18. The molecule has 0 aliphatic carbocycles. The largest absolute Gasteiger partial charge is 0.414 e. The summed E-state index contributed by atoms with van der Waals surface area (Å²) in [6, 6.07) is 6.87. The lowest BCUT2D eigenvalue weighted by atomic mass is 10.2. The summed E-state index contributed by atoms with van der Waals surface area (Å²) in [6.45, 7) is 5.78. The van der Waals surface area contributed by atoms with E-state index in [1.807, 2.05) is 30.5 Å². The van der Waals surface area contributed by atoms with E-state index in [0.717, 1.165) is 11.4 Å². The summed E-state index contributed by atoms with van der Waals surface area (Å²) in [6.07, 6.45) is 2.97. The molecule has 4 rings (SSSR count). The summed E-state index contributed by atoms with van der Waals surface area (Å²) in [7, 11) is 0. The predicted octanol–water partition coefficient (Wildman–Crippen LogP) is 3.54. The van der Waals surface area contributed by atoms with Gasteiger partial charge in [0.1, 0.15) is 25.0 Å². The highest BCUT2D eigenvalue weighted by atomic mass is 32.2. The molecule has 4 aromatic rings. The van der Waals surface area contributed by atoms with Crippen molar-refractivity contribution in [2.45, 2.75) is 32.5 Å². The van der Waals surface area contributed by atoms with Crippen LogP contribution in [-0.4, -0.2) is 41.1 Å². The first kappa shape index (κ1) is 20.0. The van der Waals surface area contributed by atoms with Gasteiger partial charge in [-0.15, -0.1) is 10.2 Å². The molecule has 0 amide bonds. The summed E-state index contributed by atoms with van der Waals surface area (Å²) in [4.78, 5) is 16.7. The van der Waals surface area contributed by atoms with Gasteiger partial charge in [0.15, 0.2) is 5.78 Å². The Morgan fingerprint density at radius 1 is 1.20 bits per heavy atom. The molecule has 8 nitrogen and oxygen atoms in total. The highest BCUT2D eigenvalue weighted by Crippen LogP contribution is 2.25. The summed E-state index contributed by atoms with van der Waals surface area (Å²) < 4.78 is 23.0. The summed E-state index contributed by atoms with van der Waals surface area (Å²) in [5.41, 5.74) is 3.48. The lowest BCUT2D eigenvalue weighted by molar-refractivity contribution is 0.102. The zero-order valence-electron chi connectivity index (χ0n) is 16.7. The molecule has 0 fully saturated rings. The highest BCUT2D eigenvalue weighted by molar-refractivity contribution is 7.99. The SMILES string of the molecule is Cc1ccc(-n2c(C)cc(C(=O)CSc3nnc(Cn4cncn4)o3)c2C)cc1F. The zero-order chi connectivity index (χ0) is 21.3. The van der Waals surface area contributed by atoms with Crippen LogP contribution in [-0.2, 0) is 6.54 Å². The molecule has 0 spiro atoms. The molecule has 0 N–H and O–H groups in total. The number of halogens is 1. The first-order chi connectivity index (χ1) is 14.4. The molecule has 154 valence electrons. The number of hydrogen-bond donors (Lipinski definition) is 0. The summed E-state index contributed by atoms with van der Waals surface area (Å²) in [5, 5.41) is 12.2. The van der Waals surface area contributed by atoms with E-state index in [-0.39, 0.29) is 17.4 Å². The molecule has 0 saturated heterocycles. The standard InChI is InChI=1S/C20H19FN6O2S/c1-12-4-5-15(7-17(12)21)27-13(2)6-16(14(27)3)18(28)9-30-20-25-24-19(29-20)8-26-11-22-10-23-26/h4-7,10-11H,8-9H2,1-3H3. The number of nitrogens with zero attached hydrogens (tertiary/aromatic N) is 6. The number of ketones is 1. The maximum atomic E-state index is 14.0. The minimum absolute atomic E-state index is 0.0667. The molecule has 0 aliphatic heterocycles. The van der Waals surface area contributed by atoms with E-state index in [1.165, 1.54) is 24.2 Å². The number of Topliss-reactive ketones (excluding diaryl/α,β-unsaturated/α-hetero) is 1. The molecule has 10 heteroatoms. The van der Waals surface area contributed by atoms with Crippen molar-refractivity contribution in [2.75, 3.05) is 5.75 Å². The second-order valence-electron chi connectivity index (χ2n) is 6.82. The second kappa shape index (κ2) is 8.23. The summed E-state index contributed by atoms with van der Waals surface area (Å²) in [5.74, 6) is 0.192. The van der Waals surface area contributed by atoms with E-state index in [2.05, 4.69) is 20.3 Å². The first-order valence-corrected chi connectivity index (χ1v) is 10.2. The van der Waals surface area contributed by atoms with E-state index in [4.69, 9.17) is 4.42 Å². The molecule has 3 aromatic heterocycles. The van der Waals surface area contributed by atoms with Gasteiger partial charge in [-0.3, -0.25) is 4.79 Å². The van der Waals surface area contributed by atoms with Gasteiger partial charge in [-0.2, -0.15) is 5.10 Å². The van der Waals surface area contributed by atoms with Gasteiger partial charge in [-0.1, -0.05) is 17.8 Å². The maximum Gasteiger partial charge on any atom is 0.277 e. The average Bonchev–Trinajstić information content (AvgIpc) is 3.44. The molecule has 0 aliphatic rings. The van der Waals surface area contributed by atoms with Crippen LogP contribution in [0.5, 0.6) is 0 Å². The Balaban J connectivity index is 1.46. The van der Waals surface area contributed by atoms with Crippen molar-refractivity contribution < 1.29 is 13.6 Å². The van der Waals surface area contributed by atoms with Crippen LogP contribution in [0.2, 0.25) is 0 Å².